The van der Waals surface area contributed by atoms with Gasteiger partial charge in [0.1, 0.15) is 12.4 Å². The summed E-state index contributed by atoms with van der Waals surface area (Å²) in [4.78, 5) is 41.9. The summed E-state index contributed by atoms with van der Waals surface area (Å²) >= 11 is 0. The molecular formula is C27H25N5O5. The van der Waals surface area contributed by atoms with Crippen LogP contribution >= 0.6 is 0 Å². The number of nitrogens with one attached hydrogen (secondary N) is 3. The third kappa shape index (κ3) is 6.37. The molecule has 0 spiro atoms. The largest absolute Gasteiger partial charge is 0.510 e. The van der Waals surface area contributed by atoms with Crippen molar-refractivity contribution in [1.29, 1.82) is 0 Å². The monoisotopic (exact) mass is 499 g/mol. The molecule has 1 aromatic heterocycles. The molecule has 0 aliphatic heterocycles. The number of hydrogen-bond donors (Lipinski definition) is 4. The van der Waals surface area contributed by atoms with E-state index in [-0.39, 0.29) is 29.3 Å². The maximum Gasteiger partial charge on any atom is 0.338 e. The van der Waals surface area contributed by atoms with E-state index in [0.717, 1.165) is 17.5 Å². The van der Waals surface area contributed by atoms with Crippen LogP contribution in [0.5, 0.6) is 0 Å². The zero-order valence-electron chi connectivity index (χ0n) is 20.2. The minimum absolute atomic E-state index is 0.137. The molecule has 4 N–H and O–H groups in total. The SMILES string of the molecule is CCc1cccc(COC(=O)c2cccc(N=NC(C(=O)Nc3ccc4[nH]c(=O)[nH]c4c3)=C(C)O)c2)c1. The predicted molar refractivity (Wildman–Crippen MR) is 139 cm³/mol. The molecule has 0 radical (unpaired) electrons. The molecule has 0 unspecified atom stereocenters. The first-order chi connectivity index (χ1) is 17.8. The normalized spacial score (nSPS) is 11.9. The highest BCUT2D eigenvalue weighted by atomic mass is 16.5. The summed E-state index contributed by atoms with van der Waals surface area (Å²) in [7, 11) is 0. The van der Waals surface area contributed by atoms with Gasteiger partial charge in [-0.2, -0.15) is 5.11 Å². The number of ether oxygens (including phenoxy) is 1. The molecular weight excluding hydrogens is 474 g/mol. The van der Waals surface area contributed by atoms with Crippen LogP contribution in [0, 0.1) is 0 Å². The van der Waals surface area contributed by atoms with Gasteiger partial charge in [0, 0.05) is 5.69 Å². The average Bonchev–Trinajstić information content (AvgIpc) is 3.26. The Morgan fingerprint density at radius 1 is 0.973 bits per heavy atom. The lowest BCUT2D eigenvalue weighted by molar-refractivity contribution is -0.113. The first-order valence-corrected chi connectivity index (χ1v) is 11.5. The number of anilines is 1. The van der Waals surface area contributed by atoms with Crippen LogP contribution in [0.4, 0.5) is 11.4 Å². The van der Waals surface area contributed by atoms with Crippen molar-refractivity contribution in [1.82, 2.24) is 9.97 Å². The lowest BCUT2D eigenvalue weighted by Gasteiger charge is -2.07. The van der Waals surface area contributed by atoms with Gasteiger partial charge in [0.2, 0.25) is 0 Å². The second-order valence-electron chi connectivity index (χ2n) is 8.23. The highest BCUT2D eigenvalue weighted by Crippen LogP contribution is 2.20. The Hall–Kier alpha value is -4.99. The third-order valence-electron chi connectivity index (χ3n) is 5.45. The summed E-state index contributed by atoms with van der Waals surface area (Å²) < 4.78 is 5.42. The number of esters is 1. The molecule has 1 amide bonds. The number of H-pyrrole nitrogens is 2. The second-order valence-corrected chi connectivity index (χ2v) is 8.23. The lowest BCUT2D eigenvalue weighted by atomic mass is 10.1. The van der Waals surface area contributed by atoms with Gasteiger partial charge < -0.3 is 25.1 Å². The van der Waals surface area contributed by atoms with Crippen molar-refractivity contribution in [2.24, 2.45) is 10.2 Å². The van der Waals surface area contributed by atoms with E-state index >= 15 is 0 Å². The number of aromatic amines is 2. The molecule has 0 saturated heterocycles. The van der Waals surface area contributed by atoms with Gasteiger partial charge in [0.05, 0.1) is 22.3 Å². The van der Waals surface area contributed by atoms with E-state index in [1.54, 1.807) is 36.4 Å². The second kappa shape index (κ2) is 11.2. The van der Waals surface area contributed by atoms with Crippen LogP contribution < -0.4 is 11.0 Å². The number of allylic oxidation sites excluding steroid dienone is 1. The number of nitrogens with zero attached hydrogens (tertiary/aromatic N) is 2. The number of carbonyl (C=O) groups excluding carboxylic acids is 2. The maximum atomic E-state index is 12.7. The Morgan fingerprint density at radius 2 is 1.73 bits per heavy atom. The van der Waals surface area contributed by atoms with Gasteiger partial charge >= 0.3 is 11.7 Å². The fourth-order valence-corrected chi connectivity index (χ4v) is 3.56. The Kier molecular flexibility index (Phi) is 7.58. The van der Waals surface area contributed by atoms with E-state index < -0.39 is 11.9 Å². The summed E-state index contributed by atoms with van der Waals surface area (Å²) in [6, 6.07) is 18.9. The van der Waals surface area contributed by atoms with Crippen molar-refractivity contribution in [3.05, 3.63) is 105 Å². The predicted octanol–water partition coefficient (Wildman–Crippen LogP) is 5.29. The average molecular weight is 500 g/mol. The first kappa shape index (κ1) is 25.1. The molecule has 4 aromatic rings. The molecule has 188 valence electrons. The number of aromatic nitrogens is 2. The molecule has 37 heavy (non-hydrogen) atoms. The number of imidazole rings is 1. The molecule has 0 bridgehead atoms. The number of azo groups is 1. The van der Waals surface area contributed by atoms with E-state index in [4.69, 9.17) is 4.74 Å². The summed E-state index contributed by atoms with van der Waals surface area (Å²) in [6.45, 7) is 3.50. The molecule has 1 heterocycles. The van der Waals surface area contributed by atoms with Crippen LogP contribution in [0.3, 0.4) is 0 Å². The van der Waals surface area contributed by atoms with E-state index in [1.807, 2.05) is 24.3 Å². The maximum absolute atomic E-state index is 12.7. The molecule has 0 aliphatic carbocycles. The number of carbonyl (C=O) groups is 2. The summed E-state index contributed by atoms with van der Waals surface area (Å²) in [5.41, 5.74) is 3.42. The third-order valence-corrected chi connectivity index (χ3v) is 5.45. The van der Waals surface area contributed by atoms with E-state index in [9.17, 15) is 19.5 Å². The Morgan fingerprint density at radius 3 is 2.51 bits per heavy atom. The number of aliphatic hydroxyl groups is 1. The Labute approximate surface area is 211 Å². The fourth-order valence-electron chi connectivity index (χ4n) is 3.56. The van der Waals surface area contributed by atoms with Crippen LogP contribution in [0.2, 0.25) is 0 Å². The summed E-state index contributed by atoms with van der Waals surface area (Å²) in [5.74, 6) is -1.57. The zero-order chi connectivity index (χ0) is 26.4. The summed E-state index contributed by atoms with van der Waals surface area (Å²) in [5, 5.41) is 20.5. The molecule has 0 atom stereocenters. The zero-order valence-corrected chi connectivity index (χ0v) is 20.2. The van der Waals surface area contributed by atoms with Gasteiger partial charge in [-0.25, -0.2) is 9.59 Å². The van der Waals surface area contributed by atoms with Crippen molar-refractivity contribution in [2.45, 2.75) is 26.9 Å². The van der Waals surface area contributed by atoms with E-state index in [1.165, 1.54) is 13.0 Å². The number of hydrogen-bond acceptors (Lipinski definition) is 7. The van der Waals surface area contributed by atoms with Gasteiger partial charge in [-0.05, 0) is 60.9 Å². The Bertz CT molecular complexity index is 1580. The highest BCUT2D eigenvalue weighted by Gasteiger charge is 2.15. The standard InChI is InChI=1S/C27H25N5O5/c1-3-17-6-4-7-18(12-17)15-37-26(35)19-8-5-9-21(13-19)31-32-24(16(2)33)25(34)28-20-10-11-22-23(14-20)30-27(36)29-22/h4-14,33H,3,15H2,1-2H3,(H,28,34)(H2,29,30,36). The molecule has 4 rings (SSSR count). The number of aryl methyl sites for hydroxylation is 1. The molecule has 3 aromatic carbocycles. The number of aliphatic hydroxyl groups excluding tert-OH is 1. The van der Waals surface area contributed by atoms with Crippen LogP contribution in [-0.2, 0) is 22.6 Å². The number of benzene rings is 3. The van der Waals surface area contributed by atoms with Gasteiger partial charge in [0.25, 0.3) is 5.91 Å². The van der Waals surface area contributed by atoms with Crippen molar-refractivity contribution < 1.29 is 19.4 Å². The van der Waals surface area contributed by atoms with Crippen molar-refractivity contribution in [3.63, 3.8) is 0 Å². The highest BCUT2D eigenvalue weighted by molar-refractivity contribution is 6.04. The van der Waals surface area contributed by atoms with Crippen LogP contribution in [0.15, 0.2) is 93.2 Å². The van der Waals surface area contributed by atoms with Crippen LogP contribution in [-0.4, -0.2) is 27.0 Å². The molecule has 0 fully saturated rings. The van der Waals surface area contributed by atoms with Crippen molar-refractivity contribution in [3.8, 4) is 0 Å². The minimum atomic E-state index is -0.703. The topological polar surface area (TPSA) is 149 Å². The van der Waals surface area contributed by atoms with Gasteiger partial charge in [-0.3, -0.25) is 4.79 Å². The van der Waals surface area contributed by atoms with Gasteiger partial charge in [-0.1, -0.05) is 37.3 Å². The van der Waals surface area contributed by atoms with Crippen molar-refractivity contribution >= 4 is 34.3 Å². The molecule has 0 aliphatic rings. The molecule has 10 heteroatoms. The lowest BCUT2D eigenvalue weighted by Crippen LogP contribution is -2.14. The van der Waals surface area contributed by atoms with Gasteiger partial charge in [-0.15, -0.1) is 5.11 Å². The molecule has 10 nitrogen and oxygen atoms in total. The summed E-state index contributed by atoms with van der Waals surface area (Å²) in [6.07, 6.45) is 0.889. The first-order valence-electron chi connectivity index (χ1n) is 11.5. The molecule has 0 saturated carbocycles. The fraction of sp³-hybridized carbons (Fsp3) is 0.148. The quantitative estimate of drug-likeness (QED) is 0.112. The number of fused-ring (bicyclic) bond motifs is 1. The van der Waals surface area contributed by atoms with E-state index in [2.05, 4.69) is 32.4 Å². The van der Waals surface area contributed by atoms with Crippen LogP contribution in [0.1, 0.15) is 35.3 Å². The smallest absolute Gasteiger partial charge is 0.338 e. The van der Waals surface area contributed by atoms with Crippen LogP contribution in [0.25, 0.3) is 11.0 Å². The minimum Gasteiger partial charge on any atom is -0.510 e. The van der Waals surface area contributed by atoms with Crippen molar-refractivity contribution in [2.75, 3.05) is 5.32 Å². The van der Waals surface area contributed by atoms with Gasteiger partial charge in [0.15, 0.2) is 5.70 Å². The van der Waals surface area contributed by atoms with E-state index in [0.29, 0.717) is 22.4 Å². The number of amides is 1. The Balaban J connectivity index is 1.44. The number of rotatable bonds is 8.